The molecule has 0 bridgehead atoms. The molecule has 3 aromatic rings. The number of para-hydroxylation sites is 1. The lowest BCUT2D eigenvalue weighted by atomic mass is 10.1. The first-order valence-corrected chi connectivity index (χ1v) is 8.99. The Labute approximate surface area is 151 Å². The van der Waals surface area contributed by atoms with Gasteiger partial charge in [0.2, 0.25) is 0 Å². The summed E-state index contributed by atoms with van der Waals surface area (Å²) >= 11 is 1.61. The van der Waals surface area contributed by atoms with E-state index in [0.29, 0.717) is 13.1 Å². The van der Waals surface area contributed by atoms with E-state index in [0.717, 1.165) is 26.7 Å². The zero-order valence-corrected chi connectivity index (χ0v) is 15.2. The molecule has 0 aliphatic carbocycles. The fourth-order valence-electron chi connectivity index (χ4n) is 2.47. The van der Waals surface area contributed by atoms with E-state index in [4.69, 9.17) is 4.74 Å². The summed E-state index contributed by atoms with van der Waals surface area (Å²) in [6.07, 6.45) is 0. The SMILES string of the molecule is Cc1ccc(OCC(=O)NCCNc2nc3ccccc3s2)c(C)c1. The monoisotopic (exact) mass is 355 g/mol. The van der Waals surface area contributed by atoms with Crippen LogP contribution in [0.3, 0.4) is 0 Å². The number of nitrogens with zero attached hydrogens (tertiary/aromatic N) is 1. The minimum Gasteiger partial charge on any atom is -0.484 e. The van der Waals surface area contributed by atoms with Gasteiger partial charge in [-0.3, -0.25) is 4.79 Å². The van der Waals surface area contributed by atoms with Gasteiger partial charge in [0.1, 0.15) is 5.75 Å². The largest absolute Gasteiger partial charge is 0.484 e. The average Bonchev–Trinajstić information content (AvgIpc) is 3.01. The highest BCUT2D eigenvalue weighted by Gasteiger charge is 2.05. The summed E-state index contributed by atoms with van der Waals surface area (Å²) in [5, 5.41) is 6.93. The first-order chi connectivity index (χ1) is 12.1. The lowest BCUT2D eigenvalue weighted by Crippen LogP contribution is -2.32. The highest BCUT2D eigenvalue weighted by Crippen LogP contribution is 2.24. The van der Waals surface area contributed by atoms with Gasteiger partial charge in [-0.25, -0.2) is 4.98 Å². The Morgan fingerprint density at radius 2 is 2.00 bits per heavy atom. The quantitative estimate of drug-likeness (QED) is 0.637. The molecule has 5 nitrogen and oxygen atoms in total. The number of anilines is 1. The summed E-state index contributed by atoms with van der Waals surface area (Å²) in [6.45, 7) is 5.16. The molecule has 25 heavy (non-hydrogen) atoms. The van der Waals surface area contributed by atoms with Gasteiger partial charge in [0, 0.05) is 13.1 Å². The van der Waals surface area contributed by atoms with Crippen molar-refractivity contribution in [3.8, 4) is 5.75 Å². The molecule has 0 fully saturated rings. The standard InChI is InChI=1S/C19H21N3O2S/c1-13-7-8-16(14(2)11-13)24-12-18(23)20-9-10-21-19-22-15-5-3-4-6-17(15)25-19/h3-8,11H,9-10,12H2,1-2H3,(H,20,23)(H,21,22). The fourth-order valence-corrected chi connectivity index (χ4v) is 3.37. The van der Waals surface area contributed by atoms with Crippen molar-refractivity contribution >= 4 is 32.6 Å². The normalized spacial score (nSPS) is 10.6. The molecule has 2 N–H and O–H groups in total. The van der Waals surface area contributed by atoms with Crippen LogP contribution in [0, 0.1) is 13.8 Å². The van der Waals surface area contributed by atoms with Crippen molar-refractivity contribution in [1.82, 2.24) is 10.3 Å². The van der Waals surface area contributed by atoms with Crippen molar-refractivity contribution in [1.29, 1.82) is 0 Å². The van der Waals surface area contributed by atoms with Crippen LogP contribution in [0.2, 0.25) is 0 Å². The highest BCUT2D eigenvalue weighted by atomic mass is 32.1. The molecule has 0 saturated heterocycles. The summed E-state index contributed by atoms with van der Waals surface area (Å²) < 4.78 is 6.72. The van der Waals surface area contributed by atoms with E-state index in [2.05, 4.69) is 15.6 Å². The third-order valence-electron chi connectivity index (χ3n) is 3.71. The first-order valence-electron chi connectivity index (χ1n) is 8.18. The van der Waals surface area contributed by atoms with Crippen molar-refractivity contribution < 1.29 is 9.53 Å². The van der Waals surface area contributed by atoms with Gasteiger partial charge in [-0.15, -0.1) is 0 Å². The summed E-state index contributed by atoms with van der Waals surface area (Å²) in [4.78, 5) is 16.4. The minimum atomic E-state index is -0.133. The Morgan fingerprint density at radius 1 is 1.16 bits per heavy atom. The Hall–Kier alpha value is -2.60. The number of thiazole rings is 1. The average molecular weight is 355 g/mol. The van der Waals surface area contributed by atoms with Crippen LogP contribution < -0.4 is 15.4 Å². The predicted molar refractivity (Wildman–Crippen MR) is 103 cm³/mol. The van der Waals surface area contributed by atoms with E-state index >= 15 is 0 Å². The molecule has 0 atom stereocenters. The third-order valence-corrected chi connectivity index (χ3v) is 4.70. The molecule has 1 aromatic heterocycles. The van der Waals surface area contributed by atoms with Gasteiger partial charge in [-0.2, -0.15) is 0 Å². The molecule has 3 rings (SSSR count). The van der Waals surface area contributed by atoms with Crippen molar-refractivity contribution in [2.24, 2.45) is 0 Å². The summed E-state index contributed by atoms with van der Waals surface area (Å²) in [6, 6.07) is 13.9. The maximum absolute atomic E-state index is 11.9. The van der Waals surface area contributed by atoms with Crippen molar-refractivity contribution in [3.05, 3.63) is 53.6 Å². The van der Waals surface area contributed by atoms with Crippen LogP contribution in [0.25, 0.3) is 10.2 Å². The van der Waals surface area contributed by atoms with E-state index in [1.807, 2.05) is 56.3 Å². The summed E-state index contributed by atoms with van der Waals surface area (Å²) in [5.74, 6) is 0.611. The van der Waals surface area contributed by atoms with E-state index in [1.165, 1.54) is 5.56 Å². The fraction of sp³-hybridized carbons (Fsp3) is 0.263. The second-order valence-corrected chi connectivity index (χ2v) is 6.85. The number of nitrogens with one attached hydrogen (secondary N) is 2. The molecule has 1 heterocycles. The Balaban J connectivity index is 1.39. The molecule has 1 amide bonds. The zero-order chi connectivity index (χ0) is 17.6. The van der Waals surface area contributed by atoms with Crippen molar-refractivity contribution in [2.75, 3.05) is 25.0 Å². The number of aryl methyl sites for hydroxylation is 2. The first kappa shape index (κ1) is 17.2. The van der Waals surface area contributed by atoms with Gasteiger partial charge < -0.3 is 15.4 Å². The number of aromatic nitrogens is 1. The number of hydrogen-bond donors (Lipinski definition) is 2. The van der Waals surface area contributed by atoms with E-state index < -0.39 is 0 Å². The van der Waals surface area contributed by atoms with Crippen LogP contribution in [-0.2, 0) is 4.79 Å². The molecule has 0 saturated carbocycles. The molecule has 0 spiro atoms. The van der Waals surface area contributed by atoms with E-state index in [9.17, 15) is 4.79 Å². The molecule has 0 aliphatic heterocycles. The van der Waals surface area contributed by atoms with E-state index in [1.54, 1.807) is 11.3 Å². The number of rotatable bonds is 7. The van der Waals surface area contributed by atoms with Crippen LogP contribution in [0.15, 0.2) is 42.5 Å². The maximum atomic E-state index is 11.9. The molecule has 0 unspecified atom stereocenters. The summed E-state index contributed by atoms with van der Waals surface area (Å²) in [7, 11) is 0. The van der Waals surface area contributed by atoms with Gasteiger partial charge in [-0.1, -0.05) is 41.2 Å². The molecule has 6 heteroatoms. The predicted octanol–water partition coefficient (Wildman–Crippen LogP) is 3.52. The molecule has 2 aromatic carbocycles. The van der Waals surface area contributed by atoms with Crippen molar-refractivity contribution in [3.63, 3.8) is 0 Å². The Bertz CT molecular complexity index is 843. The van der Waals surface area contributed by atoms with Gasteiger partial charge >= 0.3 is 0 Å². The number of hydrogen-bond acceptors (Lipinski definition) is 5. The van der Waals surface area contributed by atoms with Crippen LogP contribution in [-0.4, -0.2) is 30.6 Å². The molecule has 130 valence electrons. The highest BCUT2D eigenvalue weighted by molar-refractivity contribution is 7.22. The van der Waals surface area contributed by atoms with Crippen LogP contribution in [0.1, 0.15) is 11.1 Å². The summed E-state index contributed by atoms with van der Waals surface area (Å²) in [5.41, 5.74) is 3.20. The molecular formula is C19H21N3O2S. The smallest absolute Gasteiger partial charge is 0.258 e. The molecule has 0 radical (unpaired) electrons. The van der Waals surface area contributed by atoms with Crippen LogP contribution in [0.4, 0.5) is 5.13 Å². The lowest BCUT2D eigenvalue weighted by molar-refractivity contribution is -0.123. The van der Waals surface area contributed by atoms with Gasteiger partial charge in [0.15, 0.2) is 11.7 Å². The van der Waals surface area contributed by atoms with E-state index in [-0.39, 0.29) is 12.5 Å². The number of fused-ring (bicyclic) bond motifs is 1. The number of amides is 1. The van der Waals surface area contributed by atoms with Crippen LogP contribution >= 0.6 is 11.3 Å². The Morgan fingerprint density at radius 3 is 2.80 bits per heavy atom. The second-order valence-electron chi connectivity index (χ2n) is 5.82. The number of ether oxygens (including phenoxy) is 1. The van der Waals surface area contributed by atoms with Gasteiger partial charge in [0.25, 0.3) is 5.91 Å². The van der Waals surface area contributed by atoms with Gasteiger partial charge in [0.05, 0.1) is 10.2 Å². The second kappa shape index (κ2) is 7.98. The molecule has 0 aliphatic rings. The topological polar surface area (TPSA) is 63.2 Å². The number of benzene rings is 2. The molecular weight excluding hydrogens is 334 g/mol. The Kier molecular flexibility index (Phi) is 5.50. The number of carbonyl (C=O) groups excluding carboxylic acids is 1. The maximum Gasteiger partial charge on any atom is 0.258 e. The third kappa shape index (κ3) is 4.70. The van der Waals surface area contributed by atoms with Gasteiger partial charge in [-0.05, 0) is 37.6 Å². The van der Waals surface area contributed by atoms with Crippen LogP contribution in [0.5, 0.6) is 5.75 Å². The zero-order valence-electron chi connectivity index (χ0n) is 14.3. The van der Waals surface area contributed by atoms with Crippen molar-refractivity contribution in [2.45, 2.75) is 13.8 Å². The number of carbonyl (C=O) groups is 1. The lowest BCUT2D eigenvalue weighted by Gasteiger charge is -2.10. The minimum absolute atomic E-state index is 0.0189.